The van der Waals surface area contributed by atoms with Crippen LogP contribution in [0, 0.1) is 20.2 Å². The summed E-state index contributed by atoms with van der Waals surface area (Å²) >= 11 is 3.18. The molecule has 0 radical (unpaired) electrons. The van der Waals surface area contributed by atoms with Crippen molar-refractivity contribution in [2.75, 3.05) is 11.9 Å². The highest BCUT2D eigenvalue weighted by Crippen LogP contribution is 2.15. The van der Waals surface area contributed by atoms with E-state index in [1.54, 1.807) is 4.68 Å². The maximum Gasteiger partial charge on any atom is 0.390 e. The molecule has 13 heteroatoms. The first-order valence-corrected chi connectivity index (χ1v) is 8.25. The van der Waals surface area contributed by atoms with Crippen LogP contribution in [-0.2, 0) is 31.0 Å². The van der Waals surface area contributed by atoms with E-state index in [4.69, 9.17) is 9.84 Å². The van der Waals surface area contributed by atoms with E-state index in [1.165, 1.54) is 16.8 Å². The summed E-state index contributed by atoms with van der Waals surface area (Å²) in [7, 11) is 0. The number of nitrogens with zero attached hydrogens (tertiary/aromatic N) is 6. The van der Waals surface area contributed by atoms with Crippen molar-refractivity contribution in [1.82, 2.24) is 19.6 Å². The van der Waals surface area contributed by atoms with Gasteiger partial charge in [0.05, 0.1) is 66.6 Å². The molecule has 3 rings (SSSR count). The van der Waals surface area contributed by atoms with Crippen LogP contribution in [0.5, 0.6) is 0 Å². The zero-order valence-electron chi connectivity index (χ0n) is 12.9. The summed E-state index contributed by atoms with van der Waals surface area (Å²) in [4.78, 5) is 19.6. The maximum absolute atomic E-state index is 10.3. The van der Waals surface area contributed by atoms with Gasteiger partial charge in [0.2, 0.25) is 0 Å². The minimum Gasteiger partial charge on any atom is -0.390 e. The highest BCUT2D eigenvalue weighted by atomic mass is 79.9. The monoisotopic (exact) mass is 418 g/mol. The van der Waals surface area contributed by atoms with Gasteiger partial charge in [0.1, 0.15) is 0 Å². The second kappa shape index (κ2) is 8.64. The van der Waals surface area contributed by atoms with Gasteiger partial charge < -0.3 is 30.1 Å². The van der Waals surface area contributed by atoms with Gasteiger partial charge in [0, 0.05) is 5.33 Å². The number of hydrogen-bond acceptors (Lipinski definition) is 8. The van der Waals surface area contributed by atoms with Crippen LogP contribution in [0.3, 0.4) is 0 Å². The van der Waals surface area contributed by atoms with Crippen molar-refractivity contribution < 1.29 is 19.7 Å². The number of hydrogen-bond donors (Lipinski definition) is 1. The quantitative estimate of drug-likeness (QED) is 0.428. The van der Waals surface area contributed by atoms with Crippen LogP contribution in [0.1, 0.15) is 11.4 Å². The fourth-order valence-corrected chi connectivity index (χ4v) is 2.43. The standard InChI is InChI=1S/C6H8BrN3O3.C6H7N3O3/c7-1-2-9-5(4-11)3-6(8-9)10(12)13;10-9(11)6-3-5-4-12-2-1-8(5)7-6/h3,11H,1-2,4H2;3H,1-2,4H2. The minimum absolute atomic E-state index is 0.101. The van der Waals surface area contributed by atoms with E-state index in [1.807, 2.05) is 0 Å². The zero-order chi connectivity index (χ0) is 18.4. The third-order valence-corrected chi connectivity index (χ3v) is 3.59. The van der Waals surface area contributed by atoms with E-state index >= 15 is 0 Å². The number of fused-ring (bicyclic) bond motifs is 1. The van der Waals surface area contributed by atoms with E-state index in [9.17, 15) is 20.2 Å². The van der Waals surface area contributed by atoms with Gasteiger partial charge >= 0.3 is 11.6 Å². The molecule has 136 valence electrons. The Morgan fingerprint density at radius 3 is 2.48 bits per heavy atom. The van der Waals surface area contributed by atoms with Crippen molar-refractivity contribution in [3.63, 3.8) is 0 Å². The number of alkyl halides is 1. The van der Waals surface area contributed by atoms with Crippen LogP contribution in [-0.4, -0.2) is 46.5 Å². The molecule has 1 aliphatic rings. The molecule has 1 N–H and O–H groups in total. The Bertz CT molecular complexity index is 736. The number of ether oxygens (including phenoxy) is 1. The fourth-order valence-electron chi connectivity index (χ4n) is 2.10. The summed E-state index contributed by atoms with van der Waals surface area (Å²) in [6.07, 6.45) is 0. The van der Waals surface area contributed by atoms with Gasteiger partial charge in [-0.1, -0.05) is 15.9 Å². The topological polar surface area (TPSA) is 151 Å². The summed E-state index contributed by atoms with van der Waals surface area (Å²) in [5, 5.41) is 37.6. The van der Waals surface area contributed by atoms with Crippen molar-refractivity contribution >= 4 is 27.6 Å². The Hall–Kier alpha value is -2.38. The first kappa shape index (κ1) is 19.0. The predicted molar refractivity (Wildman–Crippen MR) is 87.1 cm³/mol. The van der Waals surface area contributed by atoms with Crippen LogP contribution in [0.25, 0.3) is 0 Å². The number of aliphatic hydroxyl groups excluding tert-OH is 1. The van der Waals surface area contributed by atoms with Gasteiger partial charge in [-0.15, -0.1) is 0 Å². The third kappa shape index (κ3) is 4.80. The van der Waals surface area contributed by atoms with Crippen LogP contribution >= 0.6 is 15.9 Å². The number of aryl methyl sites for hydroxylation is 1. The molecule has 0 fully saturated rings. The number of aliphatic hydroxyl groups is 1. The zero-order valence-corrected chi connectivity index (χ0v) is 14.5. The average Bonchev–Trinajstić information content (AvgIpc) is 3.19. The first-order chi connectivity index (χ1) is 12.0. The molecule has 2 aromatic rings. The number of aromatic nitrogens is 4. The smallest absolute Gasteiger partial charge is 0.390 e. The average molecular weight is 419 g/mol. The Kier molecular flexibility index (Phi) is 6.55. The molecule has 0 spiro atoms. The fraction of sp³-hybridized carbons (Fsp3) is 0.500. The molecule has 25 heavy (non-hydrogen) atoms. The van der Waals surface area contributed by atoms with Crippen LogP contribution in [0.15, 0.2) is 12.1 Å². The molecule has 0 aromatic carbocycles. The lowest BCUT2D eigenvalue weighted by atomic mass is 10.4. The molecule has 12 nitrogen and oxygen atoms in total. The largest absolute Gasteiger partial charge is 0.390 e. The van der Waals surface area contributed by atoms with Gasteiger partial charge in [-0.2, -0.15) is 9.36 Å². The Morgan fingerprint density at radius 1 is 1.24 bits per heavy atom. The van der Waals surface area contributed by atoms with E-state index in [0.29, 0.717) is 37.3 Å². The highest BCUT2D eigenvalue weighted by molar-refractivity contribution is 9.09. The van der Waals surface area contributed by atoms with Crippen molar-refractivity contribution in [3.8, 4) is 0 Å². The first-order valence-electron chi connectivity index (χ1n) is 7.13. The second-order valence-corrected chi connectivity index (χ2v) is 5.64. The summed E-state index contributed by atoms with van der Waals surface area (Å²) in [6.45, 7) is 1.85. The van der Waals surface area contributed by atoms with Crippen molar-refractivity contribution in [2.24, 2.45) is 0 Å². The molecular formula is C12H15BrN6O6. The van der Waals surface area contributed by atoms with E-state index < -0.39 is 9.85 Å². The lowest BCUT2D eigenvalue weighted by Gasteiger charge is -2.09. The summed E-state index contributed by atoms with van der Waals surface area (Å²) in [5.74, 6) is -0.333. The molecule has 0 saturated carbocycles. The molecule has 0 unspecified atom stereocenters. The molecule has 3 heterocycles. The van der Waals surface area contributed by atoms with Crippen molar-refractivity contribution in [2.45, 2.75) is 26.3 Å². The lowest BCUT2D eigenvalue weighted by molar-refractivity contribution is -0.390. The molecule has 0 aliphatic carbocycles. The predicted octanol–water partition coefficient (Wildman–Crippen LogP) is 1.000. The molecule has 0 amide bonds. The van der Waals surface area contributed by atoms with Gasteiger partial charge in [-0.3, -0.25) is 0 Å². The number of nitro groups is 2. The summed E-state index contributed by atoms with van der Waals surface area (Å²) < 4.78 is 8.13. The van der Waals surface area contributed by atoms with Crippen LogP contribution in [0.4, 0.5) is 11.6 Å². The highest BCUT2D eigenvalue weighted by Gasteiger charge is 2.20. The normalized spacial score (nSPS) is 12.9. The van der Waals surface area contributed by atoms with Crippen molar-refractivity contribution in [1.29, 1.82) is 0 Å². The van der Waals surface area contributed by atoms with E-state index in [2.05, 4.69) is 26.1 Å². The number of halogens is 1. The second-order valence-electron chi connectivity index (χ2n) is 4.85. The minimum atomic E-state index is -0.579. The molecule has 0 atom stereocenters. The van der Waals surface area contributed by atoms with E-state index in [0.717, 1.165) is 5.69 Å². The molecule has 0 bridgehead atoms. The van der Waals surface area contributed by atoms with Gasteiger partial charge in [-0.05, 0) is 9.85 Å². The summed E-state index contributed by atoms with van der Waals surface area (Å²) in [6, 6.07) is 2.71. The van der Waals surface area contributed by atoms with Crippen LogP contribution < -0.4 is 0 Å². The Labute approximate surface area is 149 Å². The number of rotatable bonds is 5. The molecule has 1 aliphatic heterocycles. The van der Waals surface area contributed by atoms with Gasteiger partial charge in [0.15, 0.2) is 0 Å². The molecule has 0 saturated heterocycles. The summed E-state index contributed by atoms with van der Waals surface area (Å²) in [5.41, 5.74) is 1.22. The third-order valence-electron chi connectivity index (χ3n) is 3.23. The van der Waals surface area contributed by atoms with Crippen molar-refractivity contribution in [3.05, 3.63) is 43.7 Å². The van der Waals surface area contributed by atoms with E-state index in [-0.39, 0.29) is 18.2 Å². The molecule has 2 aromatic heterocycles. The van der Waals surface area contributed by atoms with Gasteiger partial charge in [0.25, 0.3) is 0 Å². The maximum atomic E-state index is 10.3. The SMILES string of the molecule is O=[N+]([O-])c1cc(CO)n(CCBr)n1.O=[N+]([O-])c1cc2n(n1)CCOC2. The Balaban J connectivity index is 0.000000181. The Morgan fingerprint density at radius 2 is 1.92 bits per heavy atom. The van der Waals surface area contributed by atoms with Crippen LogP contribution in [0.2, 0.25) is 0 Å². The molecular weight excluding hydrogens is 404 g/mol. The van der Waals surface area contributed by atoms with Gasteiger partial charge in [-0.25, -0.2) is 0 Å². The lowest BCUT2D eigenvalue weighted by Crippen LogP contribution is -2.16.